The molecule has 166 valence electrons. The summed E-state index contributed by atoms with van der Waals surface area (Å²) in [6.45, 7) is 10.5. The Morgan fingerprint density at radius 3 is 2.38 bits per heavy atom. The number of likely N-dealkylation sites (tertiary alicyclic amines) is 1. The fourth-order valence-corrected chi connectivity index (χ4v) is 4.45. The lowest BCUT2D eigenvalue weighted by Crippen LogP contribution is -2.47. The first-order valence-corrected chi connectivity index (χ1v) is 11.1. The monoisotopic (exact) mass is 425 g/mol. The predicted octanol–water partition coefficient (Wildman–Crippen LogP) is 3.00. The molecular weight excluding hydrogens is 386 g/mol. The number of allylic oxidation sites excluding steroid dienone is 1. The molecule has 0 radical (unpaired) electrons. The van der Waals surface area contributed by atoms with Gasteiger partial charge in [-0.15, -0.1) is 0 Å². The van der Waals surface area contributed by atoms with Gasteiger partial charge in [0.2, 0.25) is 0 Å². The summed E-state index contributed by atoms with van der Waals surface area (Å²) in [7, 11) is 0. The number of hydrogen-bond donors (Lipinski definition) is 2. The van der Waals surface area contributed by atoms with Gasteiger partial charge in [0.1, 0.15) is 0 Å². The average molecular weight is 426 g/mol. The lowest BCUT2D eigenvalue weighted by molar-refractivity contribution is 0.175. The highest BCUT2D eigenvalue weighted by Crippen LogP contribution is 2.29. The predicted molar refractivity (Wildman–Crippen MR) is 124 cm³/mol. The zero-order valence-corrected chi connectivity index (χ0v) is 18.7. The molecule has 29 heavy (non-hydrogen) atoms. The van der Waals surface area contributed by atoms with Crippen molar-refractivity contribution < 1.29 is 11.0 Å². The molecule has 1 fully saturated rings. The number of nitrogens with zero attached hydrogens (tertiary/aromatic N) is 1. The number of hydrogen-bond acceptors (Lipinski definition) is 3. The number of piperidine rings is 1. The molecule has 6 heteroatoms. The Bertz CT molecular complexity index is 586. The average Bonchev–Trinajstić information content (AvgIpc) is 2.69. The van der Waals surface area contributed by atoms with Crippen LogP contribution in [0.3, 0.4) is 0 Å². The molecule has 6 N–H and O–H groups in total. The molecule has 2 heterocycles. The molecular formula is C23H40ClN3O2. The van der Waals surface area contributed by atoms with Crippen LogP contribution in [-0.4, -0.2) is 54.6 Å². The fourth-order valence-electron chi connectivity index (χ4n) is 4.32. The Morgan fingerprint density at radius 1 is 1.10 bits per heavy atom. The van der Waals surface area contributed by atoms with Crippen LogP contribution < -0.4 is 10.6 Å². The number of rotatable bonds is 8. The Balaban J connectivity index is 0.00000210. The van der Waals surface area contributed by atoms with Crippen molar-refractivity contribution in [3.05, 3.63) is 47.1 Å². The molecule has 3 rings (SSSR count). The quantitative estimate of drug-likeness (QED) is 0.670. The van der Waals surface area contributed by atoms with E-state index < -0.39 is 0 Å². The Hall–Kier alpha value is -1.11. The molecule has 2 atom stereocenters. The van der Waals surface area contributed by atoms with E-state index in [1.165, 1.54) is 50.9 Å². The minimum atomic E-state index is 0. The number of nitrogens with one attached hydrogen (secondary N) is 2. The normalized spacial score (nSPS) is 21.2. The molecule has 5 nitrogen and oxygen atoms in total. The topological polar surface area (TPSA) is 90.3 Å². The molecule has 0 saturated carbocycles. The van der Waals surface area contributed by atoms with Crippen LogP contribution in [0.4, 0.5) is 0 Å². The van der Waals surface area contributed by atoms with Gasteiger partial charge in [0.25, 0.3) is 0 Å². The molecule has 1 unspecified atom stereocenters. The van der Waals surface area contributed by atoms with Crippen LogP contribution in [0.1, 0.15) is 51.0 Å². The van der Waals surface area contributed by atoms with Crippen molar-refractivity contribution in [1.82, 2.24) is 15.5 Å². The van der Waals surface area contributed by atoms with Gasteiger partial charge < -0.3 is 26.5 Å². The van der Waals surface area contributed by atoms with Crippen LogP contribution in [0.5, 0.6) is 0 Å². The van der Waals surface area contributed by atoms with Crippen molar-refractivity contribution in [3.63, 3.8) is 0 Å². The third-order valence-electron chi connectivity index (χ3n) is 6.26. The zero-order valence-electron chi connectivity index (χ0n) is 18.0. The Labute approximate surface area is 181 Å². The maximum atomic E-state index is 6.03. The fraction of sp³-hybridized carbons (Fsp3) is 0.652. The van der Waals surface area contributed by atoms with Gasteiger partial charge >= 0.3 is 0 Å². The molecule has 0 aromatic heterocycles. The minimum absolute atomic E-state index is 0. The van der Waals surface area contributed by atoms with E-state index in [1.54, 1.807) is 0 Å². The standard InChI is InChI=1S/C23H36ClN3.2H2O/c1-18(2)23(26-14-9-19-7-12-25-13-8-19)17-27-15-10-21(11-16-27)20-3-5-22(24)6-4-20;;/h3-7,12,18-19,21,23,25-26H,8-11,13-17H2,1-2H3;2*1H2/t19?,23-;;/m0../s1. The summed E-state index contributed by atoms with van der Waals surface area (Å²) in [5.74, 6) is 2.10. The third-order valence-corrected chi connectivity index (χ3v) is 6.51. The van der Waals surface area contributed by atoms with E-state index in [-0.39, 0.29) is 11.0 Å². The van der Waals surface area contributed by atoms with Crippen LogP contribution in [0.15, 0.2) is 36.5 Å². The third kappa shape index (κ3) is 8.27. The second-order valence-electron chi connectivity index (χ2n) is 8.58. The van der Waals surface area contributed by atoms with Gasteiger partial charge in [0, 0.05) is 24.2 Å². The highest BCUT2D eigenvalue weighted by Gasteiger charge is 2.24. The molecule has 0 aliphatic carbocycles. The minimum Gasteiger partial charge on any atom is -0.412 e. The first kappa shape index (κ1) is 25.9. The summed E-state index contributed by atoms with van der Waals surface area (Å²) in [5.41, 5.74) is 1.45. The molecule has 2 aliphatic heterocycles. The second-order valence-corrected chi connectivity index (χ2v) is 9.02. The van der Waals surface area contributed by atoms with E-state index in [0.717, 1.165) is 24.0 Å². The van der Waals surface area contributed by atoms with Crippen LogP contribution in [0.2, 0.25) is 5.02 Å². The smallest absolute Gasteiger partial charge is 0.0406 e. The van der Waals surface area contributed by atoms with E-state index in [1.807, 2.05) is 12.1 Å². The van der Waals surface area contributed by atoms with Gasteiger partial charge in [-0.2, -0.15) is 0 Å². The lowest BCUT2D eigenvalue weighted by atomic mass is 9.89. The highest BCUT2D eigenvalue weighted by molar-refractivity contribution is 6.30. The van der Waals surface area contributed by atoms with Gasteiger partial charge in [-0.1, -0.05) is 43.7 Å². The van der Waals surface area contributed by atoms with Crippen molar-refractivity contribution >= 4 is 11.6 Å². The van der Waals surface area contributed by atoms with Gasteiger partial charge in [-0.3, -0.25) is 0 Å². The van der Waals surface area contributed by atoms with E-state index in [0.29, 0.717) is 17.9 Å². The summed E-state index contributed by atoms with van der Waals surface area (Å²) in [6.07, 6.45) is 9.48. The van der Waals surface area contributed by atoms with Crippen molar-refractivity contribution in [2.24, 2.45) is 11.8 Å². The zero-order chi connectivity index (χ0) is 19.1. The summed E-state index contributed by atoms with van der Waals surface area (Å²) in [5, 5.41) is 7.98. The molecule has 0 spiro atoms. The van der Waals surface area contributed by atoms with E-state index in [2.05, 4.69) is 53.8 Å². The van der Waals surface area contributed by atoms with Crippen LogP contribution in [-0.2, 0) is 0 Å². The Morgan fingerprint density at radius 2 is 1.79 bits per heavy atom. The van der Waals surface area contributed by atoms with Gasteiger partial charge in [-0.05, 0) is 87.0 Å². The van der Waals surface area contributed by atoms with E-state index >= 15 is 0 Å². The molecule has 2 aliphatic rings. The maximum Gasteiger partial charge on any atom is 0.0406 e. The molecule has 0 bridgehead atoms. The van der Waals surface area contributed by atoms with Crippen LogP contribution >= 0.6 is 11.6 Å². The summed E-state index contributed by atoms with van der Waals surface area (Å²) in [4.78, 5) is 2.66. The van der Waals surface area contributed by atoms with Gasteiger partial charge in [-0.25, -0.2) is 0 Å². The molecule has 1 aromatic rings. The highest BCUT2D eigenvalue weighted by atomic mass is 35.5. The number of benzene rings is 1. The largest absolute Gasteiger partial charge is 0.412 e. The summed E-state index contributed by atoms with van der Waals surface area (Å²) < 4.78 is 0. The van der Waals surface area contributed by atoms with Crippen molar-refractivity contribution in [2.75, 3.05) is 32.7 Å². The first-order chi connectivity index (χ1) is 13.1. The van der Waals surface area contributed by atoms with Crippen molar-refractivity contribution in [1.29, 1.82) is 0 Å². The van der Waals surface area contributed by atoms with E-state index in [9.17, 15) is 0 Å². The lowest BCUT2D eigenvalue weighted by Gasteiger charge is -2.36. The van der Waals surface area contributed by atoms with Crippen LogP contribution in [0, 0.1) is 11.8 Å². The van der Waals surface area contributed by atoms with Gasteiger partial charge in [0.15, 0.2) is 0 Å². The molecule has 1 aromatic carbocycles. The Kier molecular flexibility index (Phi) is 11.8. The summed E-state index contributed by atoms with van der Waals surface area (Å²) in [6, 6.07) is 9.05. The second kappa shape index (κ2) is 13.2. The maximum absolute atomic E-state index is 6.03. The van der Waals surface area contributed by atoms with Crippen molar-refractivity contribution in [2.45, 2.75) is 51.5 Å². The van der Waals surface area contributed by atoms with Crippen molar-refractivity contribution in [3.8, 4) is 0 Å². The van der Waals surface area contributed by atoms with Crippen LogP contribution in [0.25, 0.3) is 0 Å². The number of halogens is 1. The van der Waals surface area contributed by atoms with E-state index in [4.69, 9.17) is 11.6 Å². The summed E-state index contributed by atoms with van der Waals surface area (Å²) >= 11 is 6.03. The van der Waals surface area contributed by atoms with Gasteiger partial charge in [0.05, 0.1) is 0 Å². The first-order valence-electron chi connectivity index (χ1n) is 10.7. The SMILES string of the molecule is CC(C)[C@H](CN1CCC(c2ccc(Cl)cc2)CC1)NCCC1C=CNCC1.O.O. The molecule has 1 saturated heterocycles. The molecule has 0 amide bonds.